The smallest absolute Gasteiger partial charge is 0.419 e. The van der Waals surface area contributed by atoms with Crippen LogP contribution in [0.2, 0.25) is 0 Å². The zero-order chi connectivity index (χ0) is 32.7. The minimum absolute atomic E-state index is 0.294. The van der Waals surface area contributed by atoms with Crippen LogP contribution in [0.3, 0.4) is 0 Å². The highest BCUT2D eigenvalue weighted by atomic mass is 19.4. The molecule has 0 radical (unpaired) electrons. The first-order valence-corrected chi connectivity index (χ1v) is 16.4. The normalized spacial score (nSPS) is 33.3. The molecule has 2 aliphatic heterocycles. The largest absolute Gasteiger partial charge is 0.481 e. The third-order valence-electron chi connectivity index (χ3n) is 12.4. The highest BCUT2D eigenvalue weighted by Crippen LogP contribution is 2.66. The van der Waals surface area contributed by atoms with E-state index in [4.69, 9.17) is 0 Å². The Kier molecular flexibility index (Phi) is 7.12. The first kappa shape index (κ1) is 31.1. The zero-order valence-electron chi connectivity index (χ0n) is 25.8. The van der Waals surface area contributed by atoms with Crippen molar-refractivity contribution in [1.29, 1.82) is 0 Å². The van der Waals surface area contributed by atoms with Crippen LogP contribution in [-0.4, -0.2) is 51.5 Å². The first-order chi connectivity index (χ1) is 21.9. The maximum Gasteiger partial charge on any atom is 0.419 e. The van der Waals surface area contributed by atoms with Crippen LogP contribution in [0.1, 0.15) is 100 Å². The number of nitrogens with zero attached hydrogens (tertiary/aromatic N) is 1. The molecule has 6 aliphatic rings. The molecule has 0 unspecified atom stereocenters. The number of alkyl halides is 3. The second-order valence-corrected chi connectivity index (χ2v) is 14.2. The minimum Gasteiger partial charge on any atom is -0.481 e. The summed E-state index contributed by atoms with van der Waals surface area (Å²) in [5.41, 5.74) is -4.59. The Morgan fingerprint density at radius 2 is 1.61 bits per heavy atom. The van der Waals surface area contributed by atoms with E-state index in [1.54, 1.807) is 24.3 Å². The molecule has 2 bridgehead atoms. The van der Waals surface area contributed by atoms with E-state index in [9.17, 15) is 32.7 Å². The van der Waals surface area contributed by atoms with Gasteiger partial charge in [-0.15, -0.1) is 0 Å². The number of hydrogen-bond donors (Lipinski definition) is 3. The van der Waals surface area contributed by atoms with Crippen molar-refractivity contribution >= 4 is 23.5 Å². The Bertz CT molecular complexity index is 1580. The van der Waals surface area contributed by atoms with Crippen molar-refractivity contribution in [3.05, 3.63) is 65.0 Å². The summed E-state index contributed by atoms with van der Waals surface area (Å²) in [6, 6.07) is 9.11. The van der Waals surface area contributed by atoms with Gasteiger partial charge in [0.2, 0.25) is 11.8 Å². The fraction of sp³-hybridized carbons (Fsp3) is 0.571. The summed E-state index contributed by atoms with van der Waals surface area (Å²) >= 11 is 0. The topological polar surface area (TPSA) is 98.7 Å². The van der Waals surface area contributed by atoms with Crippen molar-refractivity contribution in [2.45, 2.75) is 112 Å². The van der Waals surface area contributed by atoms with Crippen LogP contribution in [0.5, 0.6) is 0 Å². The van der Waals surface area contributed by atoms with Gasteiger partial charge in [-0.05, 0) is 81.2 Å². The van der Waals surface area contributed by atoms with Crippen molar-refractivity contribution in [2.24, 2.45) is 5.41 Å². The van der Waals surface area contributed by atoms with Gasteiger partial charge in [-0.2, -0.15) is 13.2 Å². The van der Waals surface area contributed by atoms with Crippen LogP contribution in [0.4, 0.5) is 23.2 Å². The van der Waals surface area contributed by atoms with Gasteiger partial charge in [-0.25, -0.2) is 4.39 Å². The lowest BCUT2D eigenvalue weighted by atomic mass is 9.55. The van der Waals surface area contributed by atoms with Crippen molar-refractivity contribution in [3.8, 4) is 0 Å². The Hall–Kier alpha value is -3.47. The van der Waals surface area contributed by atoms with E-state index in [-0.39, 0.29) is 5.56 Å². The van der Waals surface area contributed by atoms with Gasteiger partial charge in [0.15, 0.2) is 0 Å². The molecule has 4 aliphatic carbocycles. The van der Waals surface area contributed by atoms with E-state index in [1.165, 1.54) is 6.07 Å². The van der Waals surface area contributed by atoms with Gasteiger partial charge in [-0.1, -0.05) is 56.5 Å². The van der Waals surface area contributed by atoms with Gasteiger partial charge in [0, 0.05) is 22.7 Å². The summed E-state index contributed by atoms with van der Waals surface area (Å²) < 4.78 is 59.0. The number of aliphatic carboxylic acids is 1. The van der Waals surface area contributed by atoms with Gasteiger partial charge < -0.3 is 15.7 Å². The molecule has 5 fully saturated rings. The lowest BCUT2D eigenvalue weighted by Gasteiger charge is -2.52. The van der Waals surface area contributed by atoms with Crippen molar-refractivity contribution in [2.75, 3.05) is 11.9 Å². The monoisotopic (exact) mass is 641 g/mol. The number of anilines is 1. The maximum absolute atomic E-state index is 16.5. The summed E-state index contributed by atoms with van der Waals surface area (Å²) in [6.07, 6.45) is 1.12. The third kappa shape index (κ3) is 4.08. The number of fused-ring (bicyclic) bond motifs is 6. The van der Waals surface area contributed by atoms with Crippen LogP contribution >= 0.6 is 0 Å². The molecule has 2 heterocycles. The Morgan fingerprint density at radius 3 is 2.22 bits per heavy atom. The number of rotatable bonds is 5. The second-order valence-electron chi connectivity index (χ2n) is 14.2. The molecular formula is C35H39F4N3O4. The quantitative estimate of drug-likeness (QED) is 0.323. The third-order valence-corrected chi connectivity index (χ3v) is 12.4. The summed E-state index contributed by atoms with van der Waals surface area (Å²) in [5.74, 6) is -4.43. The maximum atomic E-state index is 16.5. The van der Waals surface area contributed by atoms with Crippen molar-refractivity contribution in [3.63, 3.8) is 0 Å². The number of nitrogens with one attached hydrogen (secondary N) is 2. The molecule has 11 heteroatoms. The van der Waals surface area contributed by atoms with Gasteiger partial charge in [0.05, 0.1) is 17.0 Å². The van der Waals surface area contributed by atoms with E-state index in [2.05, 4.69) is 10.6 Å². The number of carbonyl (C=O) groups is 3. The molecule has 2 aromatic carbocycles. The van der Waals surface area contributed by atoms with Gasteiger partial charge in [-0.3, -0.25) is 19.3 Å². The highest BCUT2D eigenvalue weighted by Gasteiger charge is 2.75. The SMILES string of the molecule is CCN1[C@@H](C(=O)N[C@]23CC[C@](C(=O)O)(CC2)CC3)[C@H](c2cccc(C(F)(F)F)c2F)[C@]2(C(=O)Nc3ccccc32)C12CCCCC2. The molecule has 2 spiro atoms. The summed E-state index contributed by atoms with van der Waals surface area (Å²) in [4.78, 5) is 43.7. The van der Waals surface area contributed by atoms with E-state index in [1.807, 2.05) is 11.8 Å². The molecule has 1 saturated heterocycles. The van der Waals surface area contributed by atoms with Gasteiger partial charge in [0.1, 0.15) is 11.2 Å². The Balaban J connectivity index is 1.44. The molecule has 246 valence electrons. The fourth-order valence-corrected chi connectivity index (χ4v) is 10.3. The molecule has 4 saturated carbocycles. The standard InChI is InChI=1S/C35H39F4N3O4/c1-2-42-27(28(43)41-32-18-15-31(16-19-32,17-20-32)30(45)46)25(21-9-8-11-23(26(21)36)35(37,38)39)34(33(42)13-6-3-7-14-33)22-10-4-5-12-24(22)40-29(34)44/h4-5,8-12,25,27H,2-3,6-7,13-20H2,1H3,(H,40,44)(H,41,43)(H,45,46)/t25-,27+,31-,32+,34+/m0/s1. The lowest BCUT2D eigenvalue weighted by molar-refractivity contribution is -0.157. The number of likely N-dealkylation sites (N-methyl/N-ethyl adjacent to an activating group) is 1. The predicted molar refractivity (Wildman–Crippen MR) is 162 cm³/mol. The molecular weight excluding hydrogens is 602 g/mol. The van der Waals surface area contributed by atoms with Crippen molar-refractivity contribution < 1.29 is 37.1 Å². The second kappa shape index (κ2) is 10.5. The summed E-state index contributed by atoms with van der Waals surface area (Å²) in [6.45, 7) is 2.20. The molecule has 7 nitrogen and oxygen atoms in total. The molecule has 3 N–H and O–H groups in total. The Labute approximate surface area is 265 Å². The van der Waals surface area contributed by atoms with E-state index in [0.29, 0.717) is 75.2 Å². The van der Waals surface area contributed by atoms with Gasteiger partial charge in [0.25, 0.3) is 0 Å². The number of amides is 2. The fourth-order valence-electron chi connectivity index (χ4n) is 10.3. The zero-order valence-corrected chi connectivity index (χ0v) is 25.8. The number of hydrogen-bond acceptors (Lipinski definition) is 4. The number of likely N-dealkylation sites (tertiary alicyclic amines) is 1. The molecule has 2 aromatic rings. The molecule has 2 amide bonds. The van der Waals surface area contributed by atoms with Crippen LogP contribution in [0, 0.1) is 11.2 Å². The number of carbonyl (C=O) groups excluding carboxylic acids is 2. The van der Waals surface area contributed by atoms with Crippen LogP contribution in [-0.2, 0) is 26.0 Å². The number of benzene rings is 2. The highest BCUT2D eigenvalue weighted by molar-refractivity contribution is 6.10. The summed E-state index contributed by atoms with van der Waals surface area (Å²) in [5, 5.41) is 16.2. The average molecular weight is 642 g/mol. The molecule has 46 heavy (non-hydrogen) atoms. The van der Waals surface area contributed by atoms with Crippen LogP contribution in [0.25, 0.3) is 0 Å². The number of halogens is 4. The molecule has 3 atom stereocenters. The van der Waals surface area contributed by atoms with Crippen LogP contribution in [0.15, 0.2) is 42.5 Å². The number of carboxylic acid groups (broad SMARTS) is 1. The first-order valence-electron chi connectivity index (χ1n) is 16.4. The minimum atomic E-state index is -4.98. The molecule has 8 rings (SSSR count). The van der Waals surface area contributed by atoms with Gasteiger partial charge >= 0.3 is 12.1 Å². The van der Waals surface area contributed by atoms with E-state index in [0.717, 1.165) is 25.3 Å². The predicted octanol–water partition coefficient (Wildman–Crippen LogP) is 6.52. The average Bonchev–Trinajstić information content (AvgIpc) is 3.47. The number of carboxylic acids is 1. The Morgan fingerprint density at radius 1 is 0.957 bits per heavy atom. The van der Waals surface area contributed by atoms with Crippen molar-refractivity contribution in [1.82, 2.24) is 10.2 Å². The molecule has 0 aromatic heterocycles. The van der Waals surface area contributed by atoms with E-state index >= 15 is 4.39 Å². The summed E-state index contributed by atoms with van der Waals surface area (Å²) in [7, 11) is 0. The lowest BCUT2D eigenvalue weighted by Crippen LogP contribution is -2.63. The van der Waals surface area contributed by atoms with E-state index < -0.39 is 69.2 Å². The number of para-hydroxylation sites is 1. The van der Waals surface area contributed by atoms with Crippen LogP contribution < -0.4 is 10.6 Å².